The first-order valence-corrected chi connectivity index (χ1v) is 11.5. The Morgan fingerprint density at radius 3 is 2.39 bits per heavy atom. The fourth-order valence-electron chi connectivity index (χ4n) is 4.72. The molecule has 3 atom stereocenters. The van der Waals surface area contributed by atoms with E-state index in [2.05, 4.69) is 5.32 Å². The molecule has 2 aromatic carbocycles. The Bertz CT molecular complexity index is 1160. The molecule has 0 aliphatic carbocycles. The van der Waals surface area contributed by atoms with Gasteiger partial charge in [0, 0.05) is 36.9 Å². The molecule has 1 heterocycles. The molecule has 1 aliphatic heterocycles. The highest BCUT2D eigenvalue weighted by atomic mass is 16.6. The van der Waals surface area contributed by atoms with E-state index in [9.17, 15) is 24.8 Å². The van der Waals surface area contributed by atoms with Gasteiger partial charge in [0.1, 0.15) is 12.0 Å². The van der Waals surface area contributed by atoms with Crippen LogP contribution in [-0.4, -0.2) is 48.3 Å². The molecule has 1 aliphatic rings. The zero-order valence-electron chi connectivity index (χ0n) is 20.5. The molecule has 0 saturated heterocycles. The average Bonchev–Trinajstić information content (AvgIpc) is 2.85. The lowest BCUT2D eigenvalue weighted by Gasteiger charge is -2.46. The highest BCUT2D eigenvalue weighted by Crippen LogP contribution is 2.51. The van der Waals surface area contributed by atoms with Crippen molar-refractivity contribution in [3.05, 3.63) is 93.2 Å². The summed E-state index contributed by atoms with van der Waals surface area (Å²) in [5.74, 6) is -2.69. The second kappa shape index (κ2) is 11.6. The van der Waals surface area contributed by atoms with Gasteiger partial charge in [-0.05, 0) is 31.4 Å². The van der Waals surface area contributed by atoms with Gasteiger partial charge < -0.3 is 19.9 Å². The molecule has 0 fully saturated rings. The van der Waals surface area contributed by atoms with Crippen molar-refractivity contribution in [3.63, 3.8) is 0 Å². The molecule has 0 aromatic heterocycles. The van der Waals surface area contributed by atoms with Crippen molar-refractivity contribution in [2.45, 2.75) is 32.2 Å². The first-order chi connectivity index (χ1) is 17.2. The minimum absolute atomic E-state index is 0.00261. The summed E-state index contributed by atoms with van der Waals surface area (Å²) < 4.78 is 10.4. The van der Waals surface area contributed by atoms with Crippen molar-refractivity contribution in [1.82, 2.24) is 5.32 Å². The fraction of sp³-hybridized carbons (Fsp3) is 0.333. The molecule has 2 N–H and O–H groups in total. The minimum Gasteiger partial charge on any atom is -0.481 e. The van der Waals surface area contributed by atoms with Gasteiger partial charge in [-0.25, -0.2) is 4.79 Å². The van der Waals surface area contributed by atoms with Crippen molar-refractivity contribution in [3.8, 4) is 0 Å². The maximum atomic E-state index is 13.3. The Balaban J connectivity index is 2.14. The zero-order chi connectivity index (χ0) is 26.3. The smallest absolute Gasteiger partial charge is 0.336 e. The number of aliphatic carboxylic acids is 1. The van der Waals surface area contributed by atoms with Crippen LogP contribution in [0.4, 0.5) is 5.69 Å². The number of nitro benzene ring substituents is 1. The molecule has 0 radical (unpaired) electrons. The number of ether oxygens (including phenoxy) is 2. The number of carboxylic acids is 1. The summed E-state index contributed by atoms with van der Waals surface area (Å²) >= 11 is 0. The van der Waals surface area contributed by atoms with E-state index in [1.165, 1.54) is 31.4 Å². The first-order valence-electron chi connectivity index (χ1n) is 11.5. The molecule has 0 amide bonds. The van der Waals surface area contributed by atoms with Gasteiger partial charge in [0.15, 0.2) is 0 Å². The van der Waals surface area contributed by atoms with Crippen LogP contribution in [-0.2, 0) is 19.1 Å². The molecule has 9 nitrogen and oxygen atoms in total. The molecular weight excluding hydrogens is 464 g/mol. The van der Waals surface area contributed by atoms with Gasteiger partial charge >= 0.3 is 11.9 Å². The third-order valence-electron chi connectivity index (χ3n) is 6.55. The van der Waals surface area contributed by atoms with E-state index < -0.39 is 34.2 Å². The third kappa shape index (κ3) is 5.46. The van der Waals surface area contributed by atoms with E-state index in [-0.39, 0.29) is 30.9 Å². The molecule has 2 aromatic rings. The van der Waals surface area contributed by atoms with Gasteiger partial charge in [-0.15, -0.1) is 0 Å². The lowest BCUT2D eigenvalue weighted by Crippen LogP contribution is -2.56. The number of carbonyl (C=O) groups excluding carboxylic acids is 1. The molecule has 0 saturated carbocycles. The number of hydrogen-bond donors (Lipinski definition) is 2. The van der Waals surface area contributed by atoms with Crippen LogP contribution in [0.3, 0.4) is 0 Å². The van der Waals surface area contributed by atoms with E-state index in [0.717, 1.165) is 5.56 Å². The minimum atomic E-state index is -1.49. The van der Waals surface area contributed by atoms with Crippen molar-refractivity contribution in [2.75, 3.05) is 20.3 Å². The Morgan fingerprint density at radius 1 is 1.14 bits per heavy atom. The summed E-state index contributed by atoms with van der Waals surface area (Å²) in [6.07, 6.45) is 3.72. The predicted molar refractivity (Wildman–Crippen MR) is 134 cm³/mol. The number of nitro groups is 1. The van der Waals surface area contributed by atoms with Gasteiger partial charge in [0.25, 0.3) is 5.69 Å². The van der Waals surface area contributed by atoms with Crippen molar-refractivity contribution < 1.29 is 29.1 Å². The molecule has 0 spiro atoms. The fourth-order valence-corrected chi connectivity index (χ4v) is 4.72. The Kier molecular flexibility index (Phi) is 8.60. The Hall–Kier alpha value is -3.98. The zero-order valence-corrected chi connectivity index (χ0v) is 20.5. The number of carbonyl (C=O) groups is 2. The van der Waals surface area contributed by atoms with Crippen LogP contribution in [0.15, 0.2) is 71.9 Å². The second-order valence-corrected chi connectivity index (χ2v) is 8.68. The number of hydrogen-bond acceptors (Lipinski definition) is 7. The summed E-state index contributed by atoms with van der Waals surface area (Å²) in [7, 11) is 1.48. The van der Waals surface area contributed by atoms with Crippen LogP contribution >= 0.6 is 0 Å². The number of non-ortho nitro benzene ring substituents is 1. The van der Waals surface area contributed by atoms with Gasteiger partial charge in [0.2, 0.25) is 0 Å². The van der Waals surface area contributed by atoms with Crippen LogP contribution < -0.4 is 5.32 Å². The predicted octanol–water partition coefficient (Wildman–Crippen LogP) is 4.31. The number of esters is 1. The van der Waals surface area contributed by atoms with Gasteiger partial charge in [0.05, 0.1) is 17.1 Å². The largest absolute Gasteiger partial charge is 0.481 e. The summed E-state index contributed by atoms with van der Waals surface area (Å²) in [5.41, 5.74) is 0.437. The summed E-state index contributed by atoms with van der Waals surface area (Å²) in [6, 6.07) is 14.6. The number of carboxylic acid groups (broad SMARTS) is 1. The van der Waals surface area contributed by atoms with Crippen LogP contribution in [0.25, 0.3) is 6.08 Å². The number of nitrogens with zero attached hydrogens (tertiary/aromatic N) is 1. The van der Waals surface area contributed by atoms with E-state index >= 15 is 0 Å². The first kappa shape index (κ1) is 26.6. The maximum Gasteiger partial charge on any atom is 0.336 e. The Labute approximate surface area is 209 Å². The van der Waals surface area contributed by atoms with Crippen LogP contribution in [0.5, 0.6) is 0 Å². The average molecular weight is 495 g/mol. The number of benzene rings is 2. The summed E-state index contributed by atoms with van der Waals surface area (Å²) in [5, 5.41) is 25.1. The number of allylic oxidation sites excluding steroid dienone is 2. The summed E-state index contributed by atoms with van der Waals surface area (Å²) in [4.78, 5) is 37.0. The van der Waals surface area contributed by atoms with Crippen LogP contribution in [0.2, 0.25) is 0 Å². The van der Waals surface area contributed by atoms with Crippen molar-refractivity contribution in [2.24, 2.45) is 5.41 Å². The molecule has 0 bridgehead atoms. The quantitative estimate of drug-likeness (QED) is 0.216. The summed E-state index contributed by atoms with van der Waals surface area (Å²) in [6.45, 7) is 3.66. The maximum absolute atomic E-state index is 13.3. The lowest BCUT2D eigenvalue weighted by molar-refractivity contribution is -0.384. The third-order valence-corrected chi connectivity index (χ3v) is 6.55. The normalized spacial score (nSPS) is 21.8. The van der Waals surface area contributed by atoms with E-state index in [1.807, 2.05) is 36.4 Å². The number of nitrogens with one attached hydrogen (secondary N) is 1. The number of methoxy groups -OCH3 is 1. The van der Waals surface area contributed by atoms with Crippen molar-refractivity contribution >= 4 is 23.7 Å². The Morgan fingerprint density at radius 2 is 1.81 bits per heavy atom. The topological polar surface area (TPSA) is 128 Å². The number of rotatable bonds is 10. The molecule has 3 rings (SSSR count). The van der Waals surface area contributed by atoms with Crippen LogP contribution in [0, 0.1) is 15.5 Å². The van der Waals surface area contributed by atoms with E-state index in [1.54, 1.807) is 19.9 Å². The second-order valence-electron chi connectivity index (χ2n) is 8.68. The van der Waals surface area contributed by atoms with E-state index in [0.29, 0.717) is 11.3 Å². The van der Waals surface area contributed by atoms with Gasteiger partial charge in [-0.2, -0.15) is 0 Å². The monoisotopic (exact) mass is 494 g/mol. The van der Waals surface area contributed by atoms with Crippen molar-refractivity contribution in [1.29, 1.82) is 0 Å². The SMILES string of the molecule is COCCOC(=O)C1=C(C)NC(C)C(C/C=C/c2ccccc2)(C(=O)O)C1c1ccc([N+](=O)[O-])cc1. The molecule has 9 heteroatoms. The highest BCUT2D eigenvalue weighted by Gasteiger charge is 2.56. The molecule has 3 unspecified atom stereocenters. The standard InChI is InChI=1S/C27H30N2O7/c1-18-23(25(30)36-17-16-35-3)24(21-11-13-22(14-12-21)29(33)34)27(26(31)32,19(2)28-18)15-7-10-20-8-5-4-6-9-20/h4-14,19,24,28H,15-17H2,1-3H3,(H,31,32)/b10-7+. The van der Waals surface area contributed by atoms with Crippen LogP contribution in [0.1, 0.15) is 37.3 Å². The lowest BCUT2D eigenvalue weighted by atomic mass is 9.60. The van der Waals surface area contributed by atoms with E-state index in [4.69, 9.17) is 9.47 Å². The van der Waals surface area contributed by atoms with Gasteiger partial charge in [-0.1, -0.05) is 54.6 Å². The molecular formula is C27H30N2O7. The molecule has 36 heavy (non-hydrogen) atoms. The van der Waals surface area contributed by atoms with Gasteiger partial charge in [-0.3, -0.25) is 14.9 Å². The molecule has 190 valence electrons. The highest BCUT2D eigenvalue weighted by molar-refractivity contribution is 5.94.